The second-order valence-electron chi connectivity index (χ2n) is 4.87. The molecule has 18 heavy (non-hydrogen) atoms. The Morgan fingerprint density at radius 2 is 2.28 bits per heavy atom. The van der Waals surface area contributed by atoms with Crippen LogP contribution in [0.25, 0.3) is 0 Å². The summed E-state index contributed by atoms with van der Waals surface area (Å²) in [5.41, 5.74) is 7.99. The third-order valence-corrected chi connectivity index (χ3v) is 4.04. The van der Waals surface area contributed by atoms with Crippen molar-refractivity contribution in [2.75, 3.05) is 0 Å². The number of nitrogens with two attached hydrogens (primary N) is 1. The van der Waals surface area contributed by atoms with Crippen LogP contribution < -0.4 is 5.73 Å². The molecule has 0 spiro atoms. The Labute approximate surface area is 110 Å². The molecule has 2 N–H and O–H groups in total. The van der Waals surface area contributed by atoms with Crippen molar-refractivity contribution in [2.24, 2.45) is 5.73 Å². The summed E-state index contributed by atoms with van der Waals surface area (Å²) in [5.74, 6) is 0. The van der Waals surface area contributed by atoms with Crippen LogP contribution in [-0.4, -0.2) is 18.5 Å². The molecule has 1 aliphatic carbocycles. The Bertz CT molecular complexity index is 486. The van der Waals surface area contributed by atoms with Gasteiger partial charge in [0.15, 0.2) is 0 Å². The predicted octanol–water partition coefficient (Wildman–Crippen LogP) is 2.09. The average Bonchev–Trinajstić information content (AvgIpc) is 3.12. The van der Waals surface area contributed by atoms with Gasteiger partial charge in [0.05, 0.1) is 41.4 Å². The van der Waals surface area contributed by atoms with Crippen LogP contribution in [0.2, 0.25) is 0 Å². The number of hydrogen-bond donors (Lipinski definition) is 1. The van der Waals surface area contributed by atoms with Crippen molar-refractivity contribution in [3.8, 4) is 0 Å². The summed E-state index contributed by atoms with van der Waals surface area (Å²) in [7, 11) is 0. The first-order chi connectivity index (χ1) is 8.83. The summed E-state index contributed by atoms with van der Waals surface area (Å²) < 4.78 is 10.3. The molecule has 1 aliphatic rings. The van der Waals surface area contributed by atoms with E-state index >= 15 is 0 Å². The highest BCUT2D eigenvalue weighted by atomic mass is 32.1. The van der Waals surface area contributed by atoms with Crippen LogP contribution in [0, 0.1) is 0 Å². The standard InChI is InChI=1S/C12H17N5S/c13-11(12-8-14-18-16-12)7-9-5-6-17(15-9)10-3-1-2-4-10/h5-6,8,10-11H,1-4,7,13H2. The van der Waals surface area contributed by atoms with Gasteiger partial charge in [0.1, 0.15) is 0 Å². The predicted molar refractivity (Wildman–Crippen MR) is 70.3 cm³/mol. The molecule has 1 atom stereocenters. The Balaban J connectivity index is 1.66. The van der Waals surface area contributed by atoms with Crippen molar-refractivity contribution in [2.45, 2.75) is 44.2 Å². The highest BCUT2D eigenvalue weighted by molar-refractivity contribution is 6.99. The van der Waals surface area contributed by atoms with Gasteiger partial charge in [-0.1, -0.05) is 12.8 Å². The van der Waals surface area contributed by atoms with Crippen LogP contribution in [0.4, 0.5) is 0 Å². The molecular formula is C12H17N5S. The average molecular weight is 263 g/mol. The second-order valence-corrected chi connectivity index (χ2v) is 5.42. The quantitative estimate of drug-likeness (QED) is 0.917. The molecule has 96 valence electrons. The van der Waals surface area contributed by atoms with Gasteiger partial charge in [0.25, 0.3) is 0 Å². The van der Waals surface area contributed by atoms with Crippen molar-refractivity contribution in [1.29, 1.82) is 0 Å². The topological polar surface area (TPSA) is 69.6 Å². The van der Waals surface area contributed by atoms with E-state index in [0.717, 1.165) is 17.8 Å². The smallest absolute Gasteiger partial charge is 0.0914 e. The molecule has 2 aromatic rings. The first-order valence-corrected chi connectivity index (χ1v) is 7.13. The third-order valence-electron chi connectivity index (χ3n) is 3.55. The van der Waals surface area contributed by atoms with Crippen molar-refractivity contribution >= 4 is 11.7 Å². The maximum atomic E-state index is 6.09. The fourth-order valence-corrected chi connectivity index (χ4v) is 3.00. The zero-order valence-electron chi connectivity index (χ0n) is 10.2. The van der Waals surface area contributed by atoms with E-state index in [2.05, 4.69) is 30.8 Å². The lowest BCUT2D eigenvalue weighted by Gasteiger charge is -2.09. The first kappa shape index (κ1) is 11.8. The van der Waals surface area contributed by atoms with Gasteiger partial charge in [0, 0.05) is 12.6 Å². The van der Waals surface area contributed by atoms with Crippen molar-refractivity contribution < 1.29 is 0 Å². The van der Waals surface area contributed by atoms with Crippen LogP contribution in [0.3, 0.4) is 0 Å². The minimum atomic E-state index is -0.101. The van der Waals surface area contributed by atoms with Gasteiger partial charge in [-0.3, -0.25) is 4.68 Å². The van der Waals surface area contributed by atoms with E-state index in [1.54, 1.807) is 6.20 Å². The normalized spacial score (nSPS) is 18.3. The monoisotopic (exact) mass is 263 g/mol. The molecule has 6 heteroatoms. The van der Waals surface area contributed by atoms with Gasteiger partial charge in [-0.05, 0) is 18.9 Å². The minimum absolute atomic E-state index is 0.101. The molecule has 0 amide bonds. The van der Waals surface area contributed by atoms with Crippen LogP contribution >= 0.6 is 11.7 Å². The number of rotatable bonds is 4. The molecule has 1 unspecified atom stereocenters. The van der Waals surface area contributed by atoms with Gasteiger partial charge in [0.2, 0.25) is 0 Å². The molecule has 2 aromatic heterocycles. The molecule has 3 rings (SSSR count). The van der Waals surface area contributed by atoms with Crippen LogP contribution in [-0.2, 0) is 6.42 Å². The van der Waals surface area contributed by atoms with Gasteiger partial charge in [-0.2, -0.15) is 13.8 Å². The lowest BCUT2D eigenvalue weighted by Crippen LogP contribution is -2.14. The molecule has 2 heterocycles. The van der Waals surface area contributed by atoms with E-state index in [1.165, 1.54) is 37.4 Å². The van der Waals surface area contributed by atoms with Gasteiger partial charge >= 0.3 is 0 Å². The minimum Gasteiger partial charge on any atom is -0.322 e. The van der Waals surface area contributed by atoms with Crippen LogP contribution in [0.15, 0.2) is 18.5 Å². The van der Waals surface area contributed by atoms with Gasteiger partial charge in [-0.15, -0.1) is 0 Å². The molecule has 0 aliphatic heterocycles. The summed E-state index contributed by atoms with van der Waals surface area (Å²) in [6.07, 6.45) is 9.70. The number of nitrogens with zero attached hydrogens (tertiary/aromatic N) is 4. The lowest BCUT2D eigenvalue weighted by molar-refractivity contribution is 0.461. The molecular weight excluding hydrogens is 246 g/mol. The molecule has 0 saturated heterocycles. The molecule has 1 fully saturated rings. The fourth-order valence-electron chi connectivity index (χ4n) is 2.52. The number of aromatic nitrogens is 4. The highest BCUT2D eigenvalue weighted by Gasteiger charge is 2.18. The lowest BCUT2D eigenvalue weighted by atomic mass is 10.1. The van der Waals surface area contributed by atoms with Crippen molar-refractivity contribution in [1.82, 2.24) is 18.5 Å². The second kappa shape index (κ2) is 5.16. The molecule has 0 radical (unpaired) electrons. The third kappa shape index (κ3) is 2.44. The highest BCUT2D eigenvalue weighted by Crippen LogP contribution is 2.28. The van der Waals surface area contributed by atoms with E-state index in [-0.39, 0.29) is 6.04 Å². The zero-order valence-corrected chi connectivity index (χ0v) is 11.0. The summed E-state index contributed by atoms with van der Waals surface area (Å²) in [6.45, 7) is 0. The maximum Gasteiger partial charge on any atom is 0.0914 e. The molecule has 5 nitrogen and oxygen atoms in total. The summed E-state index contributed by atoms with van der Waals surface area (Å²) in [4.78, 5) is 0. The Morgan fingerprint density at radius 1 is 1.44 bits per heavy atom. The maximum absolute atomic E-state index is 6.09. The largest absolute Gasteiger partial charge is 0.322 e. The summed E-state index contributed by atoms with van der Waals surface area (Å²) in [6, 6.07) is 2.56. The van der Waals surface area contributed by atoms with E-state index in [1.807, 2.05) is 0 Å². The summed E-state index contributed by atoms with van der Waals surface area (Å²) in [5, 5.41) is 4.63. The van der Waals surface area contributed by atoms with E-state index in [4.69, 9.17) is 5.73 Å². The fraction of sp³-hybridized carbons (Fsp3) is 0.583. The SMILES string of the molecule is NC(Cc1ccn(C2CCCC2)n1)c1cnsn1. The summed E-state index contributed by atoms with van der Waals surface area (Å²) >= 11 is 1.20. The van der Waals surface area contributed by atoms with E-state index in [0.29, 0.717) is 6.04 Å². The molecule has 1 saturated carbocycles. The number of hydrogen-bond acceptors (Lipinski definition) is 5. The van der Waals surface area contributed by atoms with Crippen LogP contribution in [0.1, 0.15) is 49.2 Å². The molecule has 0 bridgehead atoms. The molecule has 0 aromatic carbocycles. The Kier molecular flexibility index (Phi) is 3.38. The van der Waals surface area contributed by atoms with Gasteiger partial charge in [-0.25, -0.2) is 0 Å². The zero-order chi connectivity index (χ0) is 12.4. The van der Waals surface area contributed by atoms with Crippen LogP contribution in [0.5, 0.6) is 0 Å². The van der Waals surface area contributed by atoms with E-state index < -0.39 is 0 Å². The van der Waals surface area contributed by atoms with Crippen molar-refractivity contribution in [3.05, 3.63) is 29.8 Å². The van der Waals surface area contributed by atoms with Crippen molar-refractivity contribution in [3.63, 3.8) is 0 Å². The van der Waals surface area contributed by atoms with Gasteiger partial charge < -0.3 is 5.73 Å². The Morgan fingerprint density at radius 3 is 3.00 bits per heavy atom. The van der Waals surface area contributed by atoms with E-state index in [9.17, 15) is 0 Å². The first-order valence-electron chi connectivity index (χ1n) is 6.40. The Hall–Kier alpha value is -1.27.